The Labute approximate surface area is 121 Å². The number of anilines is 1. The number of amides is 1. The van der Waals surface area contributed by atoms with Crippen molar-refractivity contribution in [3.05, 3.63) is 17.1 Å². The fraction of sp³-hybridized carbons (Fsp3) is 0.462. The van der Waals surface area contributed by atoms with E-state index in [0.29, 0.717) is 28.4 Å². The second-order valence-electron chi connectivity index (χ2n) is 4.76. The zero-order chi connectivity index (χ0) is 14.7. The first-order valence-corrected chi connectivity index (χ1v) is 7.29. The van der Waals surface area contributed by atoms with Crippen molar-refractivity contribution in [1.82, 2.24) is 15.1 Å². The maximum Gasteiger partial charge on any atom is 0.266 e. The molecule has 108 valence electrons. The Morgan fingerprint density at radius 3 is 2.90 bits per heavy atom. The standard InChI is InChI=1S/C13H18N4O2S/c1-8(2)17(6-3-7-18)13(19)11-10(14)9-4-5-15-16-12(9)20-11/h4-5,8,18H,3,6-7,14H2,1-2H3. The van der Waals surface area contributed by atoms with Crippen molar-refractivity contribution in [3.63, 3.8) is 0 Å². The van der Waals surface area contributed by atoms with Gasteiger partial charge >= 0.3 is 0 Å². The van der Waals surface area contributed by atoms with Gasteiger partial charge in [-0.05, 0) is 26.3 Å². The van der Waals surface area contributed by atoms with Crippen LogP contribution in [0.25, 0.3) is 10.2 Å². The number of aliphatic hydroxyl groups is 1. The molecule has 0 atom stereocenters. The van der Waals surface area contributed by atoms with Crippen molar-refractivity contribution >= 4 is 33.1 Å². The fourth-order valence-electron chi connectivity index (χ4n) is 2.00. The van der Waals surface area contributed by atoms with Gasteiger partial charge in [0.05, 0.1) is 11.9 Å². The summed E-state index contributed by atoms with van der Waals surface area (Å²) in [5.74, 6) is -0.117. The molecule has 20 heavy (non-hydrogen) atoms. The van der Waals surface area contributed by atoms with E-state index in [4.69, 9.17) is 10.8 Å². The largest absolute Gasteiger partial charge is 0.397 e. The molecule has 3 N–H and O–H groups in total. The molecule has 0 radical (unpaired) electrons. The van der Waals surface area contributed by atoms with Crippen molar-refractivity contribution < 1.29 is 9.90 Å². The number of hydrogen-bond donors (Lipinski definition) is 2. The van der Waals surface area contributed by atoms with E-state index >= 15 is 0 Å². The molecule has 2 rings (SSSR count). The van der Waals surface area contributed by atoms with E-state index in [1.54, 1.807) is 17.2 Å². The molecule has 0 aliphatic rings. The van der Waals surface area contributed by atoms with Crippen molar-refractivity contribution in [2.24, 2.45) is 0 Å². The smallest absolute Gasteiger partial charge is 0.266 e. The first kappa shape index (κ1) is 14.7. The molecular weight excluding hydrogens is 276 g/mol. The second kappa shape index (κ2) is 6.15. The maximum atomic E-state index is 12.6. The van der Waals surface area contributed by atoms with E-state index < -0.39 is 0 Å². The van der Waals surface area contributed by atoms with Gasteiger partial charge < -0.3 is 15.7 Å². The minimum absolute atomic E-state index is 0.0461. The van der Waals surface area contributed by atoms with Crippen LogP contribution < -0.4 is 5.73 Å². The number of thiophene rings is 1. The average Bonchev–Trinajstić information content (AvgIpc) is 2.76. The zero-order valence-corrected chi connectivity index (χ0v) is 12.4. The Morgan fingerprint density at radius 1 is 1.55 bits per heavy atom. The molecule has 0 saturated heterocycles. The number of fused-ring (bicyclic) bond motifs is 1. The van der Waals surface area contributed by atoms with Gasteiger partial charge in [-0.15, -0.1) is 16.4 Å². The van der Waals surface area contributed by atoms with Gasteiger partial charge in [-0.25, -0.2) is 0 Å². The monoisotopic (exact) mass is 294 g/mol. The lowest BCUT2D eigenvalue weighted by molar-refractivity contribution is 0.0699. The first-order chi connectivity index (χ1) is 9.56. The van der Waals surface area contributed by atoms with Crippen LogP contribution in [0.2, 0.25) is 0 Å². The van der Waals surface area contributed by atoms with E-state index in [0.717, 1.165) is 5.39 Å². The number of nitrogen functional groups attached to an aromatic ring is 1. The van der Waals surface area contributed by atoms with Gasteiger partial charge in [0.25, 0.3) is 5.91 Å². The van der Waals surface area contributed by atoms with Gasteiger partial charge in [0.15, 0.2) is 0 Å². The summed E-state index contributed by atoms with van der Waals surface area (Å²) >= 11 is 1.26. The number of nitrogens with two attached hydrogens (primary N) is 1. The van der Waals surface area contributed by atoms with Crippen LogP contribution in [0.15, 0.2) is 12.3 Å². The molecule has 0 bridgehead atoms. The summed E-state index contributed by atoms with van der Waals surface area (Å²) < 4.78 is 0. The average molecular weight is 294 g/mol. The number of carbonyl (C=O) groups is 1. The Bertz CT molecular complexity index is 611. The summed E-state index contributed by atoms with van der Waals surface area (Å²) in [5, 5.41) is 17.5. The minimum atomic E-state index is -0.117. The molecule has 0 unspecified atom stereocenters. The molecule has 2 heterocycles. The highest BCUT2D eigenvalue weighted by molar-refractivity contribution is 7.21. The molecule has 0 fully saturated rings. The Kier molecular flexibility index (Phi) is 4.51. The number of aromatic nitrogens is 2. The number of aliphatic hydroxyl groups excluding tert-OH is 1. The molecule has 0 aliphatic heterocycles. The van der Waals surface area contributed by atoms with Crippen LogP contribution in [-0.2, 0) is 0 Å². The van der Waals surface area contributed by atoms with E-state index in [9.17, 15) is 4.79 Å². The van der Waals surface area contributed by atoms with Gasteiger partial charge in [0.1, 0.15) is 9.71 Å². The Hall–Kier alpha value is -1.73. The van der Waals surface area contributed by atoms with Gasteiger partial charge in [0, 0.05) is 24.6 Å². The summed E-state index contributed by atoms with van der Waals surface area (Å²) in [4.78, 5) is 15.5. The molecule has 2 aromatic rings. The predicted octanol–water partition coefficient (Wildman–Crippen LogP) is 1.51. The summed E-state index contributed by atoms with van der Waals surface area (Å²) in [7, 11) is 0. The molecule has 7 heteroatoms. The lowest BCUT2D eigenvalue weighted by Gasteiger charge is -2.26. The third kappa shape index (κ3) is 2.73. The summed E-state index contributed by atoms with van der Waals surface area (Å²) in [5.41, 5.74) is 6.51. The molecule has 0 aliphatic carbocycles. The number of nitrogens with zero attached hydrogens (tertiary/aromatic N) is 3. The zero-order valence-electron chi connectivity index (χ0n) is 11.5. The van der Waals surface area contributed by atoms with E-state index in [2.05, 4.69) is 10.2 Å². The van der Waals surface area contributed by atoms with E-state index in [1.807, 2.05) is 13.8 Å². The van der Waals surface area contributed by atoms with Crippen LogP contribution in [0.4, 0.5) is 5.69 Å². The van der Waals surface area contributed by atoms with Crippen LogP contribution in [0.5, 0.6) is 0 Å². The highest BCUT2D eigenvalue weighted by atomic mass is 32.1. The first-order valence-electron chi connectivity index (χ1n) is 6.47. The molecular formula is C13H18N4O2S. The quantitative estimate of drug-likeness (QED) is 0.872. The summed E-state index contributed by atoms with van der Waals surface area (Å²) in [6.45, 7) is 4.45. The van der Waals surface area contributed by atoms with Crippen molar-refractivity contribution in [1.29, 1.82) is 0 Å². The number of rotatable bonds is 5. The topological polar surface area (TPSA) is 92.3 Å². The normalized spacial score (nSPS) is 11.2. The number of carbonyl (C=O) groups excluding carboxylic acids is 1. The summed E-state index contributed by atoms with van der Waals surface area (Å²) in [6, 6.07) is 1.81. The van der Waals surface area contributed by atoms with Crippen LogP contribution in [0, 0.1) is 0 Å². The lowest BCUT2D eigenvalue weighted by atomic mass is 10.2. The Morgan fingerprint density at radius 2 is 2.30 bits per heavy atom. The van der Waals surface area contributed by atoms with E-state index in [1.165, 1.54) is 11.3 Å². The van der Waals surface area contributed by atoms with Crippen LogP contribution >= 0.6 is 11.3 Å². The maximum absolute atomic E-state index is 12.6. The van der Waals surface area contributed by atoms with Crippen LogP contribution in [0.3, 0.4) is 0 Å². The van der Waals surface area contributed by atoms with Crippen LogP contribution in [-0.4, -0.2) is 45.3 Å². The molecule has 0 spiro atoms. The summed E-state index contributed by atoms with van der Waals surface area (Å²) in [6.07, 6.45) is 2.11. The van der Waals surface area contributed by atoms with E-state index in [-0.39, 0.29) is 18.6 Å². The van der Waals surface area contributed by atoms with Crippen molar-refractivity contribution in [3.8, 4) is 0 Å². The fourth-order valence-corrected chi connectivity index (χ4v) is 2.99. The lowest BCUT2D eigenvalue weighted by Crippen LogP contribution is -2.37. The highest BCUT2D eigenvalue weighted by Gasteiger charge is 2.24. The van der Waals surface area contributed by atoms with Gasteiger partial charge in [-0.1, -0.05) is 0 Å². The SMILES string of the molecule is CC(C)N(CCCO)C(=O)c1sc2nnccc2c1N. The number of hydrogen-bond acceptors (Lipinski definition) is 6. The van der Waals surface area contributed by atoms with Gasteiger partial charge in [-0.3, -0.25) is 4.79 Å². The Balaban J connectivity index is 2.36. The third-order valence-electron chi connectivity index (χ3n) is 3.06. The molecule has 0 saturated carbocycles. The molecule has 1 amide bonds. The van der Waals surface area contributed by atoms with Crippen molar-refractivity contribution in [2.45, 2.75) is 26.3 Å². The highest BCUT2D eigenvalue weighted by Crippen LogP contribution is 2.32. The van der Waals surface area contributed by atoms with Gasteiger partial charge in [0.2, 0.25) is 0 Å². The van der Waals surface area contributed by atoms with Gasteiger partial charge in [-0.2, -0.15) is 5.10 Å². The molecule has 0 aromatic carbocycles. The second-order valence-corrected chi connectivity index (χ2v) is 5.76. The molecule has 6 nitrogen and oxygen atoms in total. The third-order valence-corrected chi connectivity index (χ3v) is 4.15. The molecule has 2 aromatic heterocycles. The minimum Gasteiger partial charge on any atom is -0.397 e. The van der Waals surface area contributed by atoms with Crippen molar-refractivity contribution in [2.75, 3.05) is 18.9 Å². The predicted molar refractivity (Wildman–Crippen MR) is 79.7 cm³/mol. The van der Waals surface area contributed by atoms with Crippen LogP contribution in [0.1, 0.15) is 29.9 Å².